The number of rotatable bonds is 7. The molecule has 23 heavy (non-hydrogen) atoms. The van der Waals surface area contributed by atoms with E-state index in [0.717, 1.165) is 0 Å². The molecule has 0 fully saturated rings. The quantitative estimate of drug-likeness (QED) is 0.317. The Morgan fingerprint density at radius 3 is 2.09 bits per heavy atom. The molecule has 0 aromatic heterocycles. The molecule has 4 amide bonds. The lowest BCUT2D eigenvalue weighted by molar-refractivity contribution is -0.163. The maximum Gasteiger partial charge on any atom is 0.349 e. The number of aliphatic hydroxyl groups is 2. The molecule has 9 heteroatoms. The van der Waals surface area contributed by atoms with E-state index in [-0.39, 0.29) is 17.4 Å². The average Bonchev–Trinajstić information content (AvgIpc) is 2.46. The fourth-order valence-corrected chi connectivity index (χ4v) is 1.75. The van der Waals surface area contributed by atoms with E-state index in [0.29, 0.717) is 6.42 Å². The van der Waals surface area contributed by atoms with E-state index in [4.69, 9.17) is 0 Å². The number of urea groups is 1. The number of nitrogens with one attached hydrogen (secondary N) is 2. The van der Waals surface area contributed by atoms with Crippen LogP contribution in [-0.2, 0) is 9.59 Å². The molecule has 0 rings (SSSR count). The van der Waals surface area contributed by atoms with E-state index < -0.39 is 35.6 Å². The summed E-state index contributed by atoms with van der Waals surface area (Å²) in [4.78, 5) is 35.3. The fourth-order valence-electron chi connectivity index (χ4n) is 1.75. The minimum atomic E-state index is -1.63. The molecule has 2 atom stereocenters. The number of nitrogens with zero attached hydrogens (tertiary/aromatic N) is 1. The van der Waals surface area contributed by atoms with Crippen LogP contribution in [0.2, 0.25) is 0 Å². The third-order valence-electron chi connectivity index (χ3n) is 3.19. The molecule has 5 N–H and O–H groups in total. The third kappa shape index (κ3) is 6.93. The highest BCUT2D eigenvalue weighted by Crippen LogP contribution is 2.11. The van der Waals surface area contributed by atoms with Gasteiger partial charge in [-0.15, -0.1) is 5.06 Å². The van der Waals surface area contributed by atoms with E-state index in [9.17, 15) is 29.8 Å². The van der Waals surface area contributed by atoms with Crippen molar-refractivity contribution in [3.63, 3.8) is 0 Å². The summed E-state index contributed by atoms with van der Waals surface area (Å²) in [5, 5.41) is 33.2. The lowest BCUT2D eigenvalue weighted by Crippen LogP contribution is -2.60. The Kier molecular flexibility index (Phi) is 8.15. The van der Waals surface area contributed by atoms with Crippen LogP contribution in [0.25, 0.3) is 0 Å². The van der Waals surface area contributed by atoms with Crippen molar-refractivity contribution in [2.24, 2.45) is 5.92 Å². The molecule has 0 aliphatic rings. The van der Waals surface area contributed by atoms with Crippen LogP contribution in [-0.4, -0.2) is 63.1 Å². The zero-order valence-corrected chi connectivity index (χ0v) is 14.2. The second-order valence-electron chi connectivity index (χ2n) is 6.29. The Balaban J connectivity index is 4.86. The Bertz CT molecular complexity index is 433. The Hall–Kier alpha value is -1.71. The van der Waals surface area contributed by atoms with Gasteiger partial charge in [-0.1, -0.05) is 13.8 Å². The number of hydroxylamine groups is 2. The van der Waals surface area contributed by atoms with Gasteiger partial charge in [0.2, 0.25) is 5.91 Å². The summed E-state index contributed by atoms with van der Waals surface area (Å²) in [6, 6.07) is -2.70. The van der Waals surface area contributed by atoms with Crippen molar-refractivity contribution >= 4 is 17.8 Å². The normalized spacial score (nSPS) is 14.1. The molecule has 0 saturated heterocycles. The van der Waals surface area contributed by atoms with Gasteiger partial charge in [0.05, 0.1) is 5.60 Å². The van der Waals surface area contributed by atoms with Gasteiger partial charge in [0.15, 0.2) is 0 Å². The summed E-state index contributed by atoms with van der Waals surface area (Å²) in [7, 11) is 1.31. The minimum absolute atomic E-state index is 0.0885. The second kappa shape index (κ2) is 8.80. The summed E-state index contributed by atoms with van der Waals surface area (Å²) in [5.74, 6) is -1.66. The molecule has 134 valence electrons. The molecule has 0 aromatic carbocycles. The van der Waals surface area contributed by atoms with Crippen LogP contribution in [0.5, 0.6) is 0 Å². The summed E-state index contributed by atoms with van der Waals surface area (Å²) in [6.07, 6.45) is -0.910. The van der Waals surface area contributed by atoms with Crippen molar-refractivity contribution in [2.75, 3.05) is 7.05 Å². The highest BCUT2D eigenvalue weighted by molar-refractivity contribution is 5.97. The Morgan fingerprint density at radius 1 is 1.17 bits per heavy atom. The largest absolute Gasteiger partial charge is 0.388 e. The summed E-state index contributed by atoms with van der Waals surface area (Å²) >= 11 is 0. The van der Waals surface area contributed by atoms with Crippen LogP contribution in [0.1, 0.15) is 40.5 Å². The van der Waals surface area contributed by atoms with E-state index in [1.54, 1.807) is 0 Å². The molecule has 0 aromatic rings. The van der Waals surface area contributed by atoms with Crippen LogP contribution in [0, 0.1) is 5.92 Å². The molecule has 0 aliphatic heterocycles. The van der Waals surface area contributed by atoms with Crippen molar-refractivity contribution in [1.82, 2.24) is 15.7 Å². The van der Waals surface area contributed by atoms with Gasteiger partial charge in [-0.25, -0.2) is 4.79 Å². The first-order valence-electron chi connectivity index (χ1n) is 7.37. The highest BCUT2D eigenvalue weighted by Gasteiger charge is 2.37. The van der Waals surface area contributed by atoms with Gasteiger partial charge in [0.1, 0.15) is 12.1 Å². The van der Waals surface area contributed by atoms with Gasteiger partial charge in [-0.05, 0) is 32.6 Å². The second-order valence-corrected chi connectivity index (χ2v) is 6.29. The Labute approximate surface area is 135 Å². The van der Waals surface area contributed by atoms with Crippen molar-refractivity contribution in [1.29, 1.82) is 0 Å². The highest BCUT2D eigenvalue weighted by atomic mass is 16.5. The molecule has 9 nitrogen and oxygen atoms in total. The third-order valence-corrected chi connectivity index (χ3v) is 3.19. The first-order chi connectivity index (χ1) is 10.4. The first kappa shape index (κ1) is 21.3. The zero-order chi connectivity index (χ0) is 18.4. The van der Waals surface area contributed by atoms with E-state index in [1.807, 2.05) is 13.8 Å². The number of amides is 4. The molecule has 0 bridgehead atoms. The fraction of sp³-hybridized carbons (Fsp3) is 0.786. The van der Waals surface area contributed by atoms with Crippen LogP contribution in [0.4, 0.5) is 4.79 Å². The van der Waals surface area contributed by atoms with Gasteiger partial charge in [0, 0.05) is 7.05 Å². The molecule has 1 unspecified atom stereocenters. The predicted octanol–water partition coefficient (Wildman–Crippen LogP) is -0.404. The van der Waals surface area contributed by atoms with Gasteiger partial charge >= 0.3 is 6.03 Å². The standard InChI is InChI=1S/C14H27N3O6/c1-8(2)6-7-9(18)12(20)17(23)13(21)16-10(11(19)15-5)14(3,4)22/h8-10,18,22-23H,6-7H2,1-5H3,(H,15,19)(H,16,21)/t9-,10?/m0/s1. The van der Waals surface area contributed by atoms with Crippen molar-refractivity contribution in [3.8, 4) is 0 Å². The summed E-state index contributed by atoms with van der Waals surface area (Å²) in [6.45, 7) is 6.37. The number of aliphatic hydroxyl groups excluding tert-OH is 1. The average molecular weight is 333 g/mol. The number of likely N-dealkylation sites (N-methyl/N-ethyl adjacent to an activating group) is 1. The smallest absolute Gasteiger partial charge is 0.349 e. The monoisotopic (exact) mass is 333 g/mol. The number of hydrogen-bond acceptors (Lipinski definition) is 6. The van der Waals surface area contributed by atoms with Gasteiger partial charge < -0.3 is 20.8 Å². The topological polar surface area (TPSA) is 139 Å². The lowest BCUT2D eigenvalue weighted by Gasteiger charge is -2.29. The minimum Gasteiger partial charge on any atom is -0.388 e. The molecule has 0 heterocycles. The van der Waals surface area contributed by atoms with Gasteiger partial charge in [0.25, 0.3) is 5.91 Å². The van der Waals surface area contributed by atoms with E-state index in [1.165, 1.54) is 20.9 Å². The van der Waals surface area contributed by atoms with Crippen LogP contribution >= 0.6 is 0 Å². The van der Waals surface area contributed by atoms with Crippen LogP contribution in [0.15, 0.2) is 0 Å². The maximum atomic E-state index is 11.8. The zero-order valence-electron chi connectivity index (χ0n) is 14.2. The van der Waals surface area contributed by atoms with Crippen molar-refractivity contribution in [3.05, 3.63) is 0 Å². The first-order valence-corrected chi connectivity index (χ1v) is 7.37. The summed E-state index contributed by atoms with van der Waals surface area (Å²) in [5.41, 5.74) is -1.63. The SMILES string of the molecule is CNC(=O)C(NC(=O)N(O)C(=O)[C@@H](O)CCC(C)C)C(C)(C)O. The number of hydrogen-bond donors (Lipinski definition) is 5. The Morgan fingerprint density at radius 2 is 1.70 bits per heavy atom. The predicted molar refractivity (Wildman–Crippen MR) is 81.4 cm³/mol. The van der Waals surface area contributed by atoms with Crippen LogP contribution < -0.4 is 10.6 Å². The molecular weight excluding hydrogens is 306 g/mol. The molecule has 0 spiro atoms. The number of carbonyl (C=O) groups is 3. The van der Waals surface area contributed by atoms with E-state index in [2.05, 4.69) is 10.6 Å². The summed E-state index contributed by atoms with van der Waals surface area (Å²) < 4.78 is 0. The van der Waals surface area contributed by atoms with Crippen molar-refractivity contribution < 1.29 is 29.8 Å². The van der Waals surface area contributed by atoms with Crippen molar-refractivity contribution in [2.45, 2.75) is 58.3 Å². The number of imide groups is 1. The van der Waals surface area contributed by atoms with Crippen LogP contribution in [0.3, 0.4) is 0 Å². The van der Waals surface area contributed by atoms with Gasteiger partial charge in [-0.3, -0.25) is 14.8 Å². The maximum absolute atomic E-state index is 11.8. The lowest BCUT2D eigenvalue weighted by atomic mass is 9.98. The molecule has 0 radical (unpaired) electrons. The molecular formula is C14H27N3O6. The molecule has 0 aliphatic carbocycles. The van der Waals surface area contributed by atoms with Gasteiger partial charge in [-0.2, -0.15) is 0 Å². The molecule has 0 saturated carbocycles. The van der Waals surface area contributed by atoms with E-state index >= 15 is 0 Å². The number of carbonyl (C=O) groups excluding carboxylic acids is 3.